The van der Waals surface area contributed by atoms with Gasteiger partial charge in [-0.1, -0.05) is 23.7 Å². The number of rotatable bonds is 7. The Balaban J connectivity index is 1.60. The molecular formula is C20H19ClN2O4S. The van der Waals surface area contributed by atoms with Gasteiger partial charge in [-0.25, -0.2) is 4.79 Å². The van der Waals surface area contributed by atoms with E-state index in [2.05, 4.69) is 10.6 Å². The molecule has 0 aliphatic heterocycles. The maximum Gasteiger partial charge on any atom is 0.340 e. The number of anilines is 1. The van der Waals surface area contributed by atoms with Crippen LogP contribution in [0.25, 0.3) is 0 Å². The molecule has 0 radical (unpaired) electrons. The van der Waals surface area contributed by atoms with E-state index in [1.807, 2.05) is 6.26 Å². The van der Waals surface area contributed by atoms with Gasteiger partial charge in [0, 0.05) is 10.9 Å². The summed E-state index contributed by atoms with van der Waals surface area (Å²) in [5.41, 5.74) is 0.930. The third kappa shape index (κ3) is 5.27. The number of carbonyl (C=O) groups is 3. The number of esters is 1. The zero-order valence-corrected chi connectivity index (χ0v) is 16.7. The molecule has 28 heavy (non-hydrogen) atoms. The summed E-state index contributed by atoms with van der Waals surface area (Å²) in [5, 5.41) is 5.75. The number of benzene rings is 2. The van der Waals surface area contributed by atoms with Crippen LogP contribution in [0.4, 0.5) is 5.69 Å². The third-order valence-corrected chi connectivity index (χ3v) is 5.14. The van der Waals surface area contributed by atoms with E-state index in [-0.39, 0.29) is 22.5 Å². The van der Waals surface area contributed by atoms with Crippen molar-refractivity contribution in [1.29, 1.82) is 0 Å². The molecule has 1 aliphatic carbocycles. The highest BCUT2D eigenvalue weighted by Crippen LogP contribution is 2.24. The summed E-state index contributed by atoms with van der Waals surface area (Å²) >= 11 is 7.50. The number of hydrogen-bond donors (Lipinski definition) is 2. The van der Waals surface area contributed by atoms with E-state index in [4.69, 9.17) is 16.3 Å². The van der Waals surface area contributed by atoms with Gasteiger partial charge >= 0.3 is 5.97 Å². The van der Waals surface area contributed by atoms with E-state index >= 15 is 0 Å². The number of amides is 2. The Morgan fingerprint density at radius 2 is 1.89 bits per heavy atom. The zero-order valence-electron chi connectivity index (χ0n) is 15.2. The van der Waals surface area contributed by atoms with Crippen LogP contribution in [-0.2, 0) is 9.53 Å². The van der Waals surface area contributed by atoms with E-state index in [0.29, 0.717) is 11.3 Å². The fourth-order valence-electron chi connectivity index (χ4n) is 2.46. The Hall–Kier alpha value is -2.51. The predicted octanol–water partition coefficient (Wildman–Crippen LogP) is 3.75. The van der Waals surface area contributed by atoms with Gasteiger partial charge in [0.1, 0.15) is 0 Å². The molecule has 8 heteroatoms. The van der Waals surface area contributed by atoms with Gasteiger partial charge in [-0.15, -0.1) is 11.8 Å². The van der Waals surface area contributed by atoms with Crippen LogP contribution in [0.2, 0.25) is 5.02 Å². The van der Waals surface area contributed by atoms with Gasteiger partial charge in [-0.3, -0.25) is 9.59 Å². The Morgan fingerprint density at radius 1 is 1.14 bits per heavy atom. The zero-order chi connectivity index (χ0) is 20.1. The van der Waals surface area contributed by atoms with E-state index in [0.717, 1.165) is 17.7 Å². The highest BCUT2D eigenvalue weighted by molar-refractivity contribution is 7.98. The molecule has 2 N–H and O–H groups in total. The van der Waals surface area contributed by atoms with Crippen molar-refractivity contribution in [2.24, 2.45) is 0 Å². The van der Waals surface area contributed by atoms with Gasteiger partial charge < -0.3 is 15.4 Å². The molecule has 6 nitrogen and oxygen atoms in total. The molecule has 0 aromatic heterocycles. The fourth-order valence-corrected chi connectivity index (χ4v) is 3.10. The number of nitrogens with one attached hydrogen (secondary N) is 2. The summed E-state index contributed by atoms with van der Waals surface area (Å²) in [6, 6.07) is 11.9. The highest BCUT2D eigenvalue weighted by Gasteiger charge is 2.25. The summed E-state index contributed by atoms with van der Waals surface area (Å²) < 4.78 is 5.07. The van der Waals surface area contributed by atoms with Crippen molar-refractivity contribution < 1.29 is 19.1 Å². The lowest BCUT2D eigenvalue weighted by Crippen LogP contribution is -2.28. The van der Waals surface area contributed by atoms with Crippen LogP contribution in [0.5, 0.6) is 0 Å². The number of para-hydroxylation sites is 1. The van der Waals surface area contributed by atoms with Crippen molar-refractivity contribution >= 4 is 46.8 Å². The smallest absolute Gasteiger partial charge is 0.340 e. The molecule has 0 spiro atoms. The van der Waals surface area contributed by atoms with Crippen LogP contribution < -0.4 is 10.6 Å². The number of thioether (sulfide) groups is 1. The molecule has 2 aromatic rings. The van der Waals surface area contributed by atoms with Crippen LogP contribution in [0.1, 0.15) is 33.6 Å². The molecule has 0 saturated heterocycles. The summed E-state index contributed by atoms with van der Waals surface area (Å²) in [7, 11) is 0. The largest absolute Gasteiger partial charge is 0.452 e. The van der Waals surface area contributed by atoms with Crippen LogP contribution in [0.3, 0.4) is 0 Å². The molecule has 146 valence electrons. The van der Waals surface area contributed by atoms with Crippen molar-refractivity contribution in [3.8, 4) is 0 Å². The molecule has 0 heterocycles. The molecule has 3 rings (SSSR count). The summed E-state index contributed by atoms with van der Waals surface area (Å²) in [6.07, 6.45) is 3.82. The molecule has 0 unspecified atom stereocenters. The molecule has 1 saturated carbocycles. The Morgan fingerprint density at radius 3 is 2.61 bits per heavy atom. The quantitative estimate of drug-likeness (QED) is 0.528. The van der Waals surface area contributed by atoms with Crippen LogP contribution in [0, 0.1) is 0 Å². The Bertz CT molecular complexity index is 915. The van der Waals surface area contributed by atoms with E-state index in [1.54, 1.807) is 42.5 Å². The number of hydrogen-bond acceptors (Lipinski definition) is 5. The Kier molecular flexibility index (Phi) is 6.59. The van der Waals surface area contributed by atoms with E-state index < -0.39 is 18.5 Å². The van der Waals surface area contributed by atoms with Crippen LogP contribution in [-0.4, -0.2) is 36.7 Å². The van der Waals surface area contributed by atoms with Crippen molar-refractivity contribution in [2.75, 3.05) is 18.2 Å². The monoisotopic (exact) mass is 418 g/mol. The van der Waals surface area contributed by atoms with Crippen molar-refractivity contribution in [2.45, 2.75) is 23.8 Å². The first-order valence-corrected chi connectivity index (χ1v) is 10.3. The average Bonchev–Trinajstić information content (AvgIpc) is 3.51. The average molecular weight is 419 g/mol. The lowest BCUT2D eigenvalue weighted by molar-refractivity contribution is -0.119. The van der Waals surface area contributed by atoms with Gasteiger partial charge in [-0.05, 0) is 49.4 Å². The molecular weight excluding hydrogens is 400 g/mol. The van der Waals surface area contributed by atoms with Gasteiger partial charge in [0.25, 0.3) is 11.8 Å². The van der Waals surface area contributed by atoms with Gasteiger partial charge in [-0.2, -0.15) is 0 Å². The highest BCUT2D eigenvalue weighted by atomic mass is 35.5. The minimum atomic E-state index is -0.684. The predicted molar refractivity (Wildman–Crippen MR) is 109 cm³/mol. The number of ether oxygens (including phenoxy) is 1. The second kappa shape index (κ2) is 9.12. The molecule has 0 bridgehead atoms. The van der Waals surface area contributed by atoms with Gasteiger partial charge in [0.2, 0.25) is 0 Å². The SMILES string of the molecule is CSc1ccc(Cl)c(C(=O)OCC(=O)Nc2ccccc2C(=O)NC2CC2)c1. The van der Waals surface area contributed by atoms with Gasteiger partial charge in [0.15, 0.2) is 6.61 Å². The second-order valence-corrected chi connectivity index (χ2v) is 7.55. The molecule has 0 atom stereocenters. The van der Waals surface area contributed by atoms with Crippen LogP contribution >= 0.6 is 23.4 Å². The van der Waals surface area contributed by atoms with Crippen molar-refractivity contribution in [3.05, 3.63) is 58.6 Å². The standard InChI is InChI=1S/C20H19ClN2O4S/c1-28-13-8-9-16(21)15(10-13)20(26)27-11-18(24)23-17-5-3-2-4-14(17)19(25)22-12-6-7-12/h2-5,8-10,12H,6-7,11H2,1H3,(H,22,25)(H,23,24). The minimum Gasteiger partial charge on any atom is -0.452 e. The van der Waals surface area contributed by atoms with Gasteiger partial charge in [0.05, 0.1) is 21.8 Å². The second-order valence-electron chi connectivity index (χ2n) is 6.26. The third-order valence-electron chi connectivity index (χ3n) is 4.09. The first-order chi connectivity index (χ1) is 13.5. The minimum absolute atomic E-state index is 0.200. The molecule has 1 fully saturated rings. The Labute approximate surface area is 172 Å². The summed E-state index contributed by atoms with van der Waals surface area (Å²) in [4.78, 5) is 37.6. The first-order valence-electron chi connectivity index (χ1n) is 8.68. The molecule has 1 aliphatic rings. The maximum absolute atomic E-state index is 12.3. The fraction of sp³-hybridized carbons (Fsp3) is 0.250. The normalized spacial score (nSPS) is 12.9. The topological polar surface area (TPSA) is 84.5 Å². The van der Waals surface area contributed by atoms with Crippen LogP contribution in [0.15, 0.2) is 47.4 Å². The number of carbonyl (C=O) groups excluding carboxylic acids is 3. The lowest BCUT2D eigenvalue weighted by atomic mass is 10.1. The first kappa shape index (κ1) is 20.2. The van der Waals surface area contributed by atoms with Crippen molar-refractivity contribution in [3.63, 3.8) is 0 Å². The molecule has 2 aromatic carbocycles. The summed E-state index contributed by atoms with van der Waals surface area (Å²) in [5.74, 6) is -1.47. The summed E-state index contributed by atoms with van der Waals surface area (Å²) in [6.45, 7) is -0.489. The molecule has 2 amide bonds. The van der Waals surface area contributed by atoms with E-state index in [9.17, 15) is 14.4 Å². The lowest BCUT2D eigenvalue weighted by Gasteiger charge is -2.12. The number of halogens is 1. The van der Waals surface area contributed by atoms with Crippen molar-refractivity contribution in [1.82, 2.24) is 5.32 Å². The maximum atomic E-state index is 12.3. The van der Waals surface area contributed by atoms with E-state index in [1.165, 1.54) is 11.8 Å².